The molecular weight excluding hydrogens is 276 g/mol. The lowest BCUT2D eigenvalue weighted by Gasteiger charge is -2.15. The number of para-hydroxylation sites is 1. The van der Waals surface area contributed by atoms with Crippen molar-refractivity contribution in [2.45, 2.75) is 25.8 Å². The molecule has 108 valence electrons. The zero-order valence-corrected chi connectivity index (χ0v) is 13.3. The minimum absolute atomic E-state index is 0.316. The molecule has 0 saturated heterocycles. The summed E-state index contributed by atoms with van der Waals surface area (Å²) in [5.41, 5.74) is 3.82. The van der Waals surface area contributed by atoms with E-state index in [0.29, 0.717) is 6.04 Å². The van der Waals surface area contributed by atoms with Crippen molar-refractivity contribution in [3.05, 3.63) is 64.7 Å². The van der Waals surface area contributed by atoms with Crippen LogP contribution in [0.1, 0.15) is 29.1 Å². The number of nitrogens with zero attached hydrogens (tertiary/aromatic N) is 1. The van der Waals surface area contributed by atoms with Gasteiger partial charge in [-0.2, -0.15) is 0 Å². The van der Waals surface area contributed by atoms with E-state index in [-0.39, 0.29) is 0 Å². The van der Waals surface area contributed by atoms with Crippen molar-refractivity contribution in [1.29, 1.82) is 0 Å². The molecule has 2 aromatic carbocycles. The fraction of sp³-hybridized carbons (Fsp3) is 0.278. The lowest BCUT2D eigenvalue weighted by molar-refractivity contribution is 0.591. The third-order valence-electron chi connectivity index (χ3n) is 3.86. The molecule has 2 nitrogen and oxygen atoms in total. The highest BCUT2D eigenvalue weighted by Gasteiger charge is 2.13. The van der Waals surface area contributed by atoms with Crippen LogP contribution in [-0.4, -0.2) is 12.0 Å². The molecule has 0 bridgehead atoms. The molecule has 0 amide bonds. The molecule has 0 aliphatic rings. The van der Waals surface area contributed by atoms with Gasteiger partial charge in [0.15, 0.2) is 0 Å². The number of aryl methyl sites for hydroxylation is 1. The highest BCUT2D eigenvalue weighted by atomic mass is 32.1. The maximum atomic E-state index is 4.74. The van der Waals surface area contributed by atoms with E-state index < -0.39 is 0 Å². The normalized spacial score (nSPS) is 12.7. The molecule has 21 heavy (non-hydrogen) atoms. The first-order chi connectivity index (χ1) is 10.3. The largest absolute Gasteiger partial charge is 0.313 e. The summed E-state index contributed by atoms with van der Waals surface area (Å²) in [7, 11) is 2.02. The Hall–Kier alpha value is -1.71. The van der Waals surface area contributed by atoms with Crippen molar-refractivity contribution in [2.24, 2.45) is 0 Å². The second-order valence-electron chi connectivity index (χ2n) is 5.22. The van der Waals surface area contributed by atoms with E-state index in [1.54, 1.807) is 11.3 Å². The SMILES string of the molecule is CCc1ccc(C(Cc2nc3ccccc3s2)NC)cc1. The zero-order valence-electron chi connectivity index (χ0n) is 12.5. The molecule has 0 aliphatic heterocycles. The maximum Gasteiger partial charge on any atom is 0.0957 e. The van der Waals surface area contributed by atoms with E-state index in [0.717, 1.165) is 18.4 Å². The van der Waals surface area contributed by atoms with Gasteiger partial charge in [-0.05, 0) is 36.7 Å². The zero-order chi connectivity index (χ0) is 14.7. The van der Waals surface area contributed by atoms with E-state index in [2.05, 4.69) is 54.7 Å². The molecule has 3 aromatic rings. The third kappa shape index (κ3) is 3.14. The lowest BCUT2D eigenvalue weighted by atomic mass is 10.0. The first-order valence-corrected chi connectivity index (χ1v) is 8.22. The Morgan fingerprint density at radius 1 is 1.10 bits per heavy atom. The fourth-order valence-electron chi connectivity index (χ4n) is 2.55. The Balaban J connectivity index is 1.82. The van der Waals surface area contributed by atoms with Gasteiger partial charge < -0.3 is 5.32 Å². The van der Waals surface area contributed by atoms with E-state index >= 15 is 0 Å². The summed E-state index contributed by atoms with van der Waals surface area (Å²) >= 11 is 1.79. The van der Waals surface area contributed by atoms with Crippen LogP contribution >= 0.6 is 11.3 Å². The van der Waals surface area contributed by atoms with Crippen molar-refractivity contribution < 1.29 is 0 Å². The molecule has 1 aromatic heterocycles. The van der Waals surface area contributed by atoms with Crippen molar-refractivity contribution in [3.8, 4) is 0 Å². The van der Waals surface area contributed by atoms with E-state index in [1.807, 2.05) is 13.1 Å². The maximum absolute atomic E-state index is 4.74. The predicted octanol–water partition coefficient (Wildman–Crippen LogP) is 4.36. The second-order valence-corrected chi connectivity index (χ2v) is 6.33. The van der Waals surface area contributed by atoms with E-state index in [9.17, 15) is 0 Å². The highest BCUT2D eigenvalue weighted by molar-refractivity contribution is 7.18. The monoisotopic (exact) mass is 296 g/mol. The van der Waals surface area contributed by atoms with Gasteiger partial charge in [-0.15, -0.1) is 11.3 Å². The Labute approximate surface area is 129 Å². The molecule has 3 rings (SSSR count). The van der Waals surface area contributed by atoms with Gasteiger partial charge in [0, 0.05) is 12.5 Å². The second kappa shape index (κ2) is 6.37. The van der Waals surface area contributed by atoms with Crippen molar-refractivity contribution in [1.82, 2.24) is 10.3 Å². The number of fused-ring (bicyclic) bond motifs is 1. The molecule has 0 fully saturated rings. The average molecular weight is 296 g/mol. The number of thiazole rings is 1. The molecule has 1 N–H and O–H groups in total. The standard InChI is InChI=1S/C18H20N2S/c1-3-13-8-10-14(11-9-13)16(19-2)12-18-20-15-6-4-5-7-17(15)21-18/h4-11,16,19H,3,12H2,1-2H3. The minimum atomic E-state index is 0.316. The number of hydrogen-bond acceptors (Lipinski definition) is 3. The fourth-order valence-corrected chi connectivity index (χ4v) is 3.57. The topological polar surface area (TPSA) is 24.9 Å². The molecule has 3 heteroatoms. The molecule has 0 radical (unpaired) electrons. The van der Waals surface area contributed by atoms with Gasteiger partial charge in [0.25, 0.3) is 0 Å². The quantitative estimate of drug-likeness (QED) is 0.756. The first-order valence-electron chi connectivity index (χ1n) is 7.40. The van der Waals surface area contributed by atoms with Crippen molar-refractivity contribution in [2.75, 3.05) is 7.05 Å². The van der Waals surface area contributed by atoms with Gasteiger partial charge >= 0.3 is 0 Å². The van der Waals surface area contributed by atoms with Gasteiger partial charge in [-0.1, -0.05) is 43.3 Å². The Bertz CT molecular complexity index is 682. The number of rotatable bonds is 5. The molecule has 0 saturated carbocycles. The van der Waals surface area contributed by atoms with Crippen LogP contribution in [0.2, 0.25) is 0 Å². The minimum Gasteiger partial charge on any atom is -0.313 e. The van der Waals surface area contributed by atoms with Crippen LogP contribution in [-0.2, 0) is 12.8 Å². The summed E-state index contributed by atoms with van der Waals surface area (Å²) in [5.74, 6) is 0. The first kappa shape index (κ1) is 14.2. The summed E-state index contributed by atoms with van der Waals surface area (Å²) in [5, 5.41) is 4.61. The molecular formula is C18H20N2S. The Morgan fingerprint density at radius 3 is 2.52 bits per heavy atom. The number of aromatic nitrogens is 1. The Kier molecular flexibility index (Phi) is 4.32. The van der Waals surface area contributed by atoms with Crippen molar-refractivity contribution >= 4 is 21.6 Å². The van der Waals surface area contributed by atoms with Crippen LogP contribution in [0.4, 0.5) is 0 Å². The van der Waals surface area contributed by atoms with Gasteiger partial charge in [0.05, 0.1) is 15.2 Å². The number of benzene rings is 2. The molecule has 0 spiro atoms. The molecule has 1 atom stereocenters. The number of hydrogen-bond donors (Lipinski definition) is 1. The van der Waals surface area contributed by atoms with Crippen LogP contribution < -0.4 is 5.32 Å². The summed E-state index contributed by atoms with van der Waals surface area (Å²) in [4.78, 5) is 4.74. The van der Waals surface area contributed by atoms with Gasteiger partial charge in [-0.3, -0.25) is 0 Å². The summed E-state index contributed by atoms with van der Waals surface area (Å²) in [6, 6.07) is 17.6. The van der Waals surface area contributed by atoms with Crippen LogP contribution in [0, 0.1) is 0 Å². The number of likely N-dealkylation sites (N-methyl/N-ethyl adjacent to an activating group) is 1. The third-order valence-corrected chi connectivity index (χ3v) is 4.91. The summed E-state index contributed by atoms with van der Waals surface area (Å²) < 4.78 is 1.27. The van der Waals surface area contributed by atoms with Gasteiger partial charge in [0.2, 0.25) is 0 Å². The van der Waals surface area contributed by atoms with Crippen molar-refractivity contribution in [3.63, 3.8) is 0 Å². The van der Waals surface area contributed by atoms with Crippen LogP contribution in [0.25, 0.3) is 10.2 Å². The van der Waals surface area contributed by atoms with Gasteiger partial charge in [-0.25, -0.2) is 4.98 Å². The van der Waals surface area contributed by atoms with Gasteiger partial charge in [0.1, 0.15) is 0 Å². The highest BCUT2D eigenvalue weighted by Crippen LogP contribution is 2.26. The van der Waals surface area contributed by atoms with Crippen LogP contribution in [0.15, 0.2) is 48.5 Å². The predicted molar refractivity (Wildman–Crippen MR) is 90.9 cm³/mol. The van der Waals surface area contributed by atoms with E-state index in [1.165, 1.54) is 20.8 Å². The summed E-state index contributed by atoms with van der Waals surface area (Å²) in [6.45, 7) is 2.19. The smallest absolute Gasteiger partial charge is 0.0957 e. The average Bonchev–Trinajstić information content (AvgIpc) is 2.95. The number of nitrogens with one attached hydrogen (secondary N) is 1. The Morgan fingerprint density at radius 2 is 1.86 bits per heavy atom. The lowest BCUT2D eigenvalue weighted by Crippen LogP contribution is -2.18. The molecule has 0 aliphatic carbocycles. The summed E-state index contributed by atoms with van der Waals surface area (Å²) in [6.07, 6.45) is 2.02. The van der Waals surface area contributed by atoms with Crippen LogP contribution in [0.3, 0.4) is 0 Å². The van der Waals surface area contributed by atoms with E-state index in [4.69, 9.17) is 4.98 Å². The van der Waals surface area contributed by atoms with Crippen LogP contribution in [0.5, 0.6) is 0 Å². The molecule has 1 unspecified atom stereocenters. The molecule has 1 heterocycles.